The maximum Gasteiger partial charge on any atom is 0.307 e. The fraction of sp³-hybridized carbons (Fsp3) is 0.400. The topological polar surface area (TPSA) is 97.3 Å². The highest BCUT2D eigenvalue weighted by molar-refractivity contribution is 5.72. The first-order valence-corrected chi connectivity index (χ1v) is 7.15. The van der Waals surface area contributed by atoms with Crippen molar-refractivity contribution in [3.05, 3.63) is 35.7 Å². The fourth-order valence-corrected chi connectivity index (χ4v) is 2.96. The molecule has 7 heteroatoms. The molecule has 0 spiro atoms. The van der Waals surface area contributed by atoms with Crippen LogP contribution in [0.3, 0.4) is 0 Å². The number of nitrogens with two attached hydrogens (primary N) is 1. The molecule has 3 N–H and O–H groups in total. The maximum atomic E-state index is 11.6. The summed E-state index contributed by atoms with van der Waals surface area (Å²) in [6.45, 7) is 0.484. The lowest BCUT2D eigenvalue weighted by atomic mass is 9.81. The van der Waals surface area contributed by atoms with E-state index in [4.69, 9.17) is 5.73 Å². The zero-order valence-corrected chi connectivity index (χ0v) is 12.6. The van der Waals surface area contributed by atoms with Gasteiger partial charge in [-0.1, -0.05) is 12.1 Å². The van der Waals surface area contributed by atoms with Gasteiger partial charge in [-0.05, 0) is 17.7 Å². The number of nitrogen functional groups attached to an aromatic ring is 1. The van der Waals surface area contributed by atoms with Crippen LogP contribution in [-0.2, 0) is 17.8 Å². The molecule has 22 heavy (non-hydrogen) atoms. The summed E-state index contributed by atoms with van der Waals surface area (Å²) < 4.78 is 1.72. The zero-order chi connectivity index (χ0) is 15.9. The first-order valence-electron chi connectivity index (χ1n) is 7.15. The van der Waals surface area contributed by atoms with Gasteiger partial charge >= 0.3 is 5.97 Å². The normalized spacial score (nSPS) is 20.5. The second-order valence-corrected chi connectivity index (χ2v) is 5.81. The predicted molar refractivity (Wildman–Crippen MR) is 82.8 cm³/mol. The van der Waals surface area contributed by atoms with Crippen molar-refractivity contribution < 1.29 is 9.90 Å². The Bertz CT molecular complexity index is 692. The highest BCUT2D eigenvalue weighted by Gasteiger charge is 2.36. The third-order valence-electron chi connectivity index (χ3n) is 4.18. The molecule has 2 unspecified atom stereocenters. The number of aliphatic carboxylic acids is 1. The van der Waals surface area contributed by atoms with Crippen LogP contribution in [0, 0.1) is 5.92 Å². The van der Waals surface area contributed by atoms with Crippen molar-refractivity contribution in [2.75, 3.05) is 24.7 Å². The Morgan fingerprint density at radius 3 is 2.64 bits per heavy atom. The number of nitrogens with zero attached hydrogens (tertiary/aromatic N) is 4. The van der Waals surface area contributed by atoms with Crippen molar-refractivity contribution in [2.24, 2.45) is 5.92 Å². The monoisotopic (exact) mass is 301 g/mol. The van der Waals surface area contributed by atoms with Gasteiger partial charge in [0.1, 0.15) is 5.82 Å². The highest BCUT2D eigenvalue weighted by atomic mass is 16.4. The number of rotatable bonds is 3. The minimum absolute atomic E-state index is 0.137. The number of hydrogen-bond donors (Lipinski definition) is 2. The van der Waals surface area contributed by atoms with Crippen molar-refractivity contribution in [1.82, 2.24) is 14.8 Å². The number of aromatic nitrogens is 3. The quantitative estimate of drug-likeness (QED) is 0.876. The largest absolute Gasteiger partial charge is 0.481 e. The van der Waals surface area contributed by atoms with Crippen molar-refractivity contribution in [2.45, 2.75) is 18.9 Å². The van der Waals surface area contributed by atoms with E-state index in [0.29, 0.717) is 18.8 Å². The van der Waals surface area contributed by atoms with Gasteiger partial charge in [0, 0.05) is 32.1 Å². The number of hydrogen-bond acceptors (Lipinski definition) is 5. The minimum atomic E-state index is -0.811. The van der Waals surface area contributed by atoms with Gasteiger partial charge in [0.15, 0.2) is 0 Å². The molecule has 7 nitrogen and oxygen atoms in total. The molecule has 2 heterocycles. The molecule has 0 amide bonds. The van der Waals surface area contributed by atoms with Crippen molar-refractivity contribution in [1.29, 1.82) is 0 Å². The van der Waals surface area contributed by atoms with Crippen molar-refractivity contribution in [3.8, 4) is 0 Å². The Balaban J connectivity index is 1.94. The molecule has 0 saturated carbocycles. The maximum absolute atomic E-state index is 11.6. The number of carboxylic acids is 1. The van der Waals surface area contributed by atoms with E-state index in [2.05, 4.69) is 10.1 Å². The molecular formula is C15H19N5O2. The standard InChI is InChI=1S/C15H19N5O2/c1-19(2)10-5-3-9(4-6-10)12-8-20-13(17-15(16)18-20)7-11(12)14(21)22/h3-6,11-12H,7-8H2,1-2H3,(H2,16,18)(H,21,22). The molecule has 1 aromatic heterocycles. The average molecular weight is 301 g/mol. The summed E-state index contributed by atoms with van der Waals surface area (Å²) in [6, 6.07) is 7.97. The molecule has 0 radical (unpaired) electrons. The lowest BCUT2D eigenvalue weighted by molar-refractivity contribution is -0.143. The third kappa shape index (κ3) is 2.49. The van der Waals surface area contributed by atoms with Crippen LogP contribution in [0.5, 0.6) is 0 Å². The van der Waals surface area contributed by atoms with Gasteiger partial charge in [0.05, 0.1) is 12.5 Å². The molecule has 2 aromatic rings. The second-order valence-electron chi connectivity index (χ2n) is 5.81. The molecule has 3 rings (SSSR count). The third-order valence-corrected chi connectivity index (χ3v) is 4.18. The predicted octanol–water partition coefficient (Wildman–Crippen LogP) is 0.967. The van der Waals surface area contributed by atoms with Gasteiger partial charge in [0.25, 0.3) is 0 Å². The minimum Gasteiger partial charge on any atom is -0.481 e. The Morgan fingerprint density at radius 1 is 1.36 bits per heavy atom. The summed E-state index contributed by atoms with van der Waals surface area (Å²) in [5.74, 6) is -0.619. The van der Waals surface area contributed by atoms with Gasteiger partial charge in [0.2, 0.25) is 5.95 Å². The molecule has 1 aromatic carbocycles. The van der Waals surface area contributed by atoms with Crippen LogP contribution in [0.15, 0.2) is 24.3 Å². The number of anilines is 2. The van der Waals surface area contributed by atoms with Crippen molar-refractivity contribution >= 4 is 17.6 Å². The van der Waals surface area contributed by atoms with Crippen LogP contribution in [0.2, 0.25) is 0 Å². The zero-order valence-electron chi connectivity index (χ0n) is 12.6. The number of carboxylic acid groups (broad SMARTS) is 1. The Hall–Kier alpha value is -2.57. The van der Waals surface area contributed by atoms with Crippen LogP contribution >= 0.6 is 0 Å². The summed E-state index contributed by atoms with van der Waals surface area (Å²) >= 11 is 0. The van der Waals surface area contributed by atoms with E-state index in [1.807, 2.05) is 43.3 Å². The smallest absolute Gasteiger partial charge is 0.307 e. The van der Waals surface area contributed by atoms with E-state index in [1.165, 1.54) is 0 Å². The van der Waals surface area contributed by atoms with Gasteiger partial charge in [-0.25, -0.2) is 4.68 Å². The Kier molecular flexibility index (Phi) is 3.48. The summed E-state index contributed by atoms with van der Waals surface area (Å²) in [6.07, 6.45) is 0.347. The van der Waals surface area contributed by atoms with Crippen LogP contribution in [0.4, 0.5) is 11.6 Å². The van der Waals surface area contributed by atoms with Crippen molar-refractivity contribution in [3.63, 3.8) is 0 Å². The van der Waals surface area contributed by atoms with E-state index < -0.39 is 11.9 Å². The van der Waals surface area contributed by atoms with Gasteiger partial charge in [-0.2, -0.15) is 4.98 Å². The van der Waals surface area contributed by atoms with Crippen LogP contribution in [-0.4, -0.2) is 39.9 Å². The first-order chi connectivity index (χ1) is 10.5. The molecular weight excluding hydrogens is 282 g/mol. The Morgan fingerprint density at radius 2 is 2.05 bits per heavy atom. The van der Waals surface area contributed by atoms with Gasteiger partial charge < -0.3 is 15.7 Å². The number of carbonyl (C=O) groups is 1. The Labute approximate surface area is 128 Å². The molecule has 116 valence electrons. The molecule has 1 aliphatic heterocycles. The lowest BCUT2D eigenvalue weighted by Crippen LogP contribution is -2.33. The van der Waals surface area contributed by atoms with E-state index in [0.717, 1.165) is 11.3 Å². The molecule has 1 aliphatic rings. The summed E-state index contributed by atoms with van der Waals surface area (Å²) in [5, 5.41) is 13.7. The van der Waals surface area contributed by atoms with Gasteiger partial charge in [-0.3, -0.25) is 4.79 Å². The van der Waals surface area contributed by atoms with Crippen LogP contribution in [0.25, 0.3) is 0 Å². The second kappa shape index (κ2) is 5.32. The first kappa shape index (κ1) is 14.4. The molecule has 2 atom stereocenters. The molecule has 0 aliphatic carbocycles. The van der Waals surface area contributed by atoms with E-state index in [-0.39, 0.29) is 11.9 Å². The molecule has 0 bridgehead atoms. The van der Waals surface area contributed by atoms with Crippen LogP contribution < -0.4 is 10.6 Å². The van der Waals surface area contributed by atoms with E-state index >= 15 is 0 Å². The summed E-state index contributed by atoms with van der Waals surface area (Å²) in [7, 11) is 3.94. The molecule has 0 fully saturated rings. The summed E-state index contributed by atoms with van der Waals surface area (Å²) in [4.78, 5) is 17.8. The van der Waals surface area contributed by atoms with Crippen LogP contribution in [0.1, 0.15) is 17.3 Å². The highest BCUT2D eigenvalue weighted by Crippen LogP contribution is 2.34. The lowest BCUT2D eigenvalue weighted by Gasteiger charge is -2.29. The van der Waals surface area contributed by atoms with E-state index in [9.17, 15) is 9.90 Å². The number of fused-ring (bicyclic) bond motifs is 1. The average Bonchev–Trinajstić information content (AvgIpc) is 2.85. The fourth-order valence-electron chi connectivity index (χ4n) is 2.96. The number of benzene rings is 1. The van der Waals surface area contributed by atoms with E-state index in [1.54, 1.807) is 4.68 Å². The van der Waals surface area contributed by atoms with Gasteiger partial charge in [-0.15, -0.1) is 5.10 Å². The summed E-state index contributed by atoms with van der Waals surface area (Å²) in [5.41, 5.74) is 7.70. The molecule has 0 saturated heterocycles. The SMILES string of the molecule is CN(C)c1ccc(C2Cn3nc(N)nc3CC2C(=O)O)cc1.